The minimum Gasteiger partial charge on any atom is -0.497 e. The quantitative estimate of drug-likeness (QED) is 0.341. The molecule has 234 valence electrons. The second-order valence-electron chi connectivity index (χ2n) is 13.7. The Hall–Kier alpha value is -2.50. The summed E-state index contributed by atoms with van der Waals surface area (Å²) in [5.41, 5.74) is -3.26. The van der Waals surface area contributed by atoms with E-state index in [-0.39, 0.29) is 35.3 Å². The van der Waals surface area contributed by atoms with E-state index in [0.29, 0.717) is 37.3 Å². The molecule has 5 fully saturated rings. The Morgan fingerprint density at radius 2 is 1.84 bits per heavy atom. The number of fused-ring (bicyclic) bond motifs is 2. The van der Waals surface area contributed by atoms with Crippen LogP contribution in [0.5, 0.6) is 5.75 Å². The zero-order chi connectivity index (χ0) is 30.5. The largest absolute Gasteiger partial charge is 0.497 e. The molecule has 0 amide bonds. The standard InChI is InChI=1S/C33H43NO9/c1-6-34-16-30(17-39-3)22(36)11-12-32-21-15-31(38)13-14-33(43-18(2)35,24(27(32)34)25(41-5)26(30)32)23(21)28(31)42-29(37)19-7-9-20(40-4)10-8-19/h7-10,13-14,21-28,36,38H,6,11-12,15-17H2,1-5H3/t21-,22-,23-,24+,25+,26-,27-,28-,30+,31-,32-,33-/m1/s1. The highest BCUT2D eigenvalue weighted by Gasteiger charge is 2.87. The van der Waals surface area contributed by atoms with Gasteiger partial charge in [0.15, 0.2) is 0 Å². The van der Waals surface area contributed by atoms with Crippen LogP contribution in [0.2, 0.25) is 0 Å². The number of ether oxygens (including phenoxy) is 5. The lowest BCUT2D eigenvalue weighted by molar-refractivity contribution is -0.252. The summed E-state index contributed by atoms with van der Waals surface area (Å²) in [6.45, 7) is 5.28. The van der Waals surface area contributed by atoms with Gasteiger partial charge >= 0.3 is 11.9 Å². The van der Waals surface area contributed by atoms with E-state index in [1.54, 1.807) is 51.7 Å². The molecule has 6 aliphatic rings. The molecule has 2 N–H and O–H groups in total. The van der Waals surface area contributed by atoms with Crippen LogP contribution in [-0.4, -0.2) is 104 Å². The van der Waals surface area contributed by atoms with Gasteiger partial charge in [-0.15, -0.1) is 0 Å². The maximum Gasteiger partial charge on any atom is 0.338 e. The molecule has 1 heterocycles. The third kappa shape index (κ3) is 3.53. The number of rotatable bonds is 8. The fraction of sp³-hybridized carbons (Fsp3) is 0.697. The van der Waals surface area contributed by atoms with Crippen LogP contribution in [0.15, 0.2) is 36.4 Å². The van der Waals surface area contributed by atoms with Crippen molar-refractivity contribution in [1.82, 2.24) is 4.90 Å². The van der Waals surface area contributed by atoms with Crippen molar-refractivity contribution in [3.8, 4) is 5.75 Å². The number of carbonyl (C=O) groups excluding carboxylic acids is 2. The minimum atomic E-state index is -1.44. The van der Waals surface area contributed by atoms with E-state index in [1.165, 1.54) is 6.92 Å². The van der Waals surface area contributed by atoms with Gasteiger partial charge in [0.1, 0.15) is 23.1 Å². The number of nitrogens with zero attached hydrogens (tertiary/aromatic N) is 1. The predicted molar refractivity (Wildman–Crippen MR) is 153 cm³/mol. The zero-order valence-corrected chi connectivity index (χ0v) is 25.5. The Kier molecular flexibility index (Phi) is 6.63. The van der Waals surface area contributed by atoms with Crippen molar-refractivity contribution in [3.63, 3.8) is 0 Å². The van der Waals surface area contributed by atoms with Crippen LogP contribution < -0.4 is 4.74 Å². The molecule has 43 heavy (non-hydrogen) atoms. The lowest BCUT2D eigenvalue weighted by Crippen LogP contribution is -2.75. The molecule has 1 spiro atoms. The van der Waals surface area contributed by atoms with Gasteiger partial charge in [0.05, 0.1) is 31.5 Å². The monoisotopic (exact) mass is 597 g/mol. The summed E-state index contributed by atoms with van der Waals surface area (Å²) in [5, 5.41) is 24.0. The van der Waals surface area contributed by atoms with Gasteiger partial charge in [0, 0.05) is 56.9 Å². The van der Waals surface area contributed by atoms with E-state index in [0.717, 1.165) is 13.0 Å². The van der Waals surface area contributed by atoms with Crippen LogP contribution >= 0.6 is 0 Å². The number of methoxy groups -OCH3 is 3. The van der Waals surface area contributed by atoms with Crippen molar-refractivity contribution in [2.45, 2.75) is 68.7 Å². The Bertz CT molecular complexity index is 1330. The number of piperidine rings is 1. The smallest absolute Gasteiger partial charge is 0.338 e. The second kappa shape index (κ2) is 9.75. The number of aliphatic hydroxyl groups is 2. The summed E-state index contributed by atoms with van der Waals surface area (Å²) in [6, 6.07) is 6.66. The molecule has 1 aromatic carbocycles. The van der Waals surface area contributed by atoms with Crippen LogP contribution in [0.1, 0.15) is 43.5 Å². The second-order valence-corrected chi connectivity index (χ2v) is 13.7. The summed E-state index contributed by atoms with van der Waals surface area (Å²) >= 11 is 0. The summed E-state index contributed by atoms with van der Waals surface area (Å²) in [7, 11) is 4.94. The van der Waals surface area contributed by atoms with E-state index in [2.05, 4.69) is 11.8 Å². The summed E-state index contributed by atoms with van der Waals surface area (Å²) in [4.78, 5) is 29.0. The van der Waals surface area contributed by atoms with E-state index in [4.69, 9.17) is 23.7 Å². The SMILES string of the molecule is CCN1C[C@]2(COC)[C@H](O)CC[C@@]34[C@@H]5C[C@]6(O)C=C[C@@](OC(C)=O)([C@H]5[C@H]6OC(=O)c5ccc(OC)cc5)[C@@H]([C@H](OC)[C@H]23)[C@@H]14. The highest BCUT2D eigenvalue weighted by molar-refractivity contribution is 5.89. The first-order chi connectivity index (χ1) is 20.6. The molecule has 7 bridgehead atoms. The van der Waals surface area contributed by atoms with Crippen LogP contribution in [0.4, 0.5) is 0 Å². The van der Waals surface area contributed by atoms with Gasteiger partial charge in [0.2, 0.25) is 0 Å². The van der Waals surface area contributed by atoms with Gasteiger partial charge in [0.25, 0.3) is 0 Å². The van der Waals surface area contributed by atoms with Gasteiger partial charge in [-0.1, -0.05) is 6.92 Å². The molecule has 0 aromatic heterocycles. The first-order valence-electron chi connectivity index (χ1n) is 15.5. The van der Waals surface area contributed by atoms with Crippen LogP contribution in [-0.2, 0) is 23.7 Å². The van der Waals surface area contributed by atoms with Crippen LogP contribution in [0.25, 0.3) is 0 Å². The number of likely N-dealkylation sites (tertiary alicyclic amines) is 1. The fourth-order valence-corrected chi connectivity index (χ4v) is 11.3. The Labute approximate surface area is 252 Å². The number of hydrogen-bond acceptors (Lipinski definition) is 10. The Morgan fingerprint density at radius 3 is 2.47 bits per heavy atom. The molecule has 12 atom stereocenters. The van der Waals surface area contributed by atoms with Gasteiger partial charge < -0.3 is 33.9 Å². The molecule has 7 rings (SSSR count). The van der Waals surface area contributed by atoms with E-state index >= 15 is 0 Å². The van der Waals surface area contributed by atoms with E-state index < -0.39 is 46.7 Å². The molecule has 4 saturated carbocycles. The molecule has 0 radical (unpaired) electrons. The van der Waals surface area contributed by atoms with Crippen molar-refractivity contribution >= 4 is 11.9 Å². The van der Waals surface area contributed by atoms with Gasteiger partial charge in [-0.25, -0.2) is 4.79 Å². The third-order valence-electron chi connectivity index (χ3n) is 12.3. The lowest BCUT2D eigenvalue weighted by Gasteiger charge is -2.68. The number of benzene rings is 1. The van der Waals surface area contributed by atoms with E-state index in [9.17, 15) is 19.8 Å². The van der Waals surface area contributed by atoms with Crippen molar-refractivity contribution in [2.24, 2.45) is 34.5 Å². The van der Waals surface area contributed by atoms with Crippen molar-refractivity contribution in [3.05, 3.63) is 42.0 Å². The predicted octanol–water partition coefficient (Wildman–Crippen LogP) is 2.21. The number of aliphatic hydroxyl groups excluding tert-OH is 1. The zero-order valence-electron chi connectivity index (χ0n) is 25.5. The summed E-state index contributed by atoms with van der Waals surface area (Å²) < 4.78 is 30.3. The van der Waals surface area contributed by atoms with Crippen molar-refractivity contribution < 1.29 is 43.5 Å². The molecule has 1 aromatic rings. The molecule has 0 unspecified atom stereocenters. The maximum absolute atomic E-state index is 13.6. The number of hydrogen-bond donors (Lipinski definition) is 2. The van der Waals surface area contributed by atoms with Crippen LogP contribution in [0.3, 0.4) is 0 Å². The number of esters is 2. The molecule has 1 aliphatic heterocycles. The average Bonchev–Trinajstić information content (AvgIpc) is 3.34. The lowest BCUT2D eigenvalue weighted by atomic mass is 9.44. The average molecular weight is 598 g/mol. The highest BCUT2D eigenvalue weighted by Crippen LogP contribution is 2.79. The highest BCUT2D eigenvalue weighted by atomic mass is 16.6. The molecular formula is C33H43NO9. The van der Waals surface area contributed by atoms with Crippen LogP contribution in [0, 0.1) is 34.5 Å². The molecule has 10 nitrogen and oxygen atoms in total. The third-order valence-corrected chi connectivity index (χ3v) is 12.3. The topological polar surface area (TPSA) is 124 Å². The molecular weight excluding hydrogens is 554 g/mol. The normalized spacial score (nSPS) is 46.9. The van der Waals surface area contributed by atoms with Gasteiger partial charge in [-0.3, -0.25) is 9.69 Å². The van der Waals surface area contributed by atoms with Gasteiger partial charge in [-0.2, -0.15) is 0 Å². The Balaban J connectivity index is 1.41. The summed E-state index contributed by atoms with van der Waals surface area (Å²) in [6.07, 6.45) is 3.37. The molecule has 1 saturated heterocycles. The first kappa shape index (κ1) is 29.2. The molecule has 10 heteroatoms. The van der Waals surface area contributed by atoms with Crippen molar-refractivity contribution in [1.29, 1.82) is 0 Å². The minimum absolute atomic E-state index is 0.0198. The van der Waals surface area contributed by atoms with Gasteiger partial charge in [-0.05, 0) is 73.6 Å². The fourth-order valence-electron chi connectivity index (χ4n) is 11.3. The van der Waals surface area contributed by atoms with E-state index in [1.807, 2.05) is 6.08 Å². The summed E-state index contributed by atoms with van der Waals surface area (Å²) in [5.74, 6) is -1.46. The first-order valence-corrected chi connectivity index (χ1v) is 15.5. The Morgan fingerprint density at radius 1 is 1.09 bits per heavy atom. The maximum atomic E-state index is 13.6. The number of carbonyl (C=O) groups is 2. The molecule has 5 aliphatic carbocycles. The van der Waals surface area contributed by atoms with Crippen molar-refractivity contribution in [2.75, 3.05) is 41.0 Å².